The second-order valence-corrected chi connectivity index (χ2v) is 5.55. The molecule has 0 radical (unpaired) electrons. The number of imidazole rings is 1. The topological polar surface area (TPSA) is 81.9 Å². The maximum Gasteiger partial charge on any atom is 0.305 e. The monoisotopic (exact) mass is 349 g/mol. The molecule has 7 nitrogen and oxygen atoms in total. The van der Waals surface area contributed by atoms with Crippen LogP contribution in [0, 0.1) is 11.8 Å². The molecule has 0 spiro atoms. The van der Waals surface area contributed by atoms with Gasteiger partial charge in [0.1, 0.15) is 0 Å². The van der Waals surface area contributed by atoms with Crippen molar-refractivity contribution < 1.29 is 9.53 Å². The van der Waals surface area contributed by atoms with Gasteiger partial charge in [-0.15, -0.1) is 0 Å². The molecule has 2 heterocycles. The number of ether oxygens (including phenoxy) is 1. The predicted molar refractivity (Wildman–Crippen MR) is 98.5 cm³/mol. The van der Waals surface area contributed by atoms with Gasteiger partial charge in [0.25, 0.3) is 0 Å². The minimum atomic E-state index is -0.227. The van der Waals surface area contributed by atoms with Crippen molar-refractivity contribution in [1.82, 2.24) is 19.5 Å². The Labute approximate surface area is 151 Å². The fourth-order valence-corrected chi connectivity index (χ4v) is 2.48. The van der Waals surface area contributed by atoms with E-state index in [9.17, 15) is 4.79 Å². The first-order chi connectivity index (χ1) is 12.7. The van der Waals surface area contributed by atoms with Gasteiger partial charge in [0, 0.05) is 25.6 Å². The van der Waals surface area contributed by atoms with Gasteiger partial charge < -0.3 is 14.6 Å². The number of anilines is 1. The Balaban J connectivity index is 1.90. The van der Waals surface area contributed by atoms with Gasteiger partial charge in [-0.3, -0.25) is 4.79 Å². The number of nitrogens with zero attached hydrogens (tertiary/aromatic N) is 4. The lowest BCUT2D eigenvalue weighted by Crippen LogP contribution is -2.05. The number of hydrogen-bond acceptors (Lipinski definition) is 6. The third kappa shape index (κ3) is 3.98. The summed E-state index contributed by atoms with van der Waals surface area (Å²) in [6.07, 6.45) is 2.69. The Morgan fingerprint density at radius 3 is 2.77 bits per heavy atom. The van der Waals surface area contributed by atoms with Crippen LogP contribution in [0.5, 0.6) is 0 Å². The van der Waals surface area contributed by atoms with Crippen LogP contribution in [-0.4, -0.2) is 39.6 Å². The summed E-state index contributed by atoms with van der Waals surface area (Å²) in [5.41, 5.74) is 2.26. The fraction of sp³-hybridized carbons (Fsp3) is 0.263. The lowest BCUT2D eigenvalue weighted by atomic mass is 10.2. The first-order valence-electron chi connectivity index (χ1n) is 8.25. The lowest BCUT2D eigenvalue weighted by Gasteiger charge is -2.05. The van der Waals surface area contributed by atoms with E-state index in [1.807, 2.05) is 34.9 Å². The van der Waals surface area contributed by atoms with Crippen molar-refractivity contribution in [2.24, 2.45) is 0 Å². The van der Waals surface area contributed by atoms with Crippen molar-refractivity contribution in [2.75, 3.05) is 19.5 Å². The molecular formula is C19H19N5O2. The molecule has 0 saturated heterocycles. The van der Waals surface area contributed by atoms with Gasteiger partial charge in [0.15, 0.2) is 17.0 Å². The van der Waals surface area contributed by atoms with Crippen LogP contribution in [0.2, 0.25) is 0 Å². The zero-order chi connectivity index (χ0) is 18.4. The summed E-state index contributed by atoms with van der Waals surface area (Å²) in [6.45, 7) is 0.608. The van der Waals surface area contributed by atoms with Crippen LogP contribution < -0.4 is 5.32 Å². The number of esters is 1. The SMILES string of the molecule is CNc1nc(C#Cc2ccccc2)nc2c1ncn2CCCC(=O)OC. The summed E-state index contributed by atoms with van der Waals surface area (Å²) in [7, 11) is 3.17. The molecule has 0 aliphatic rings. The van der Waals surface area contributed by atoms with Crippen molar-refractivity contribution >= 4 is 23.0 Å². The number of hydrogen-bond donors (Lipinski definition) is 1. The standard InChI is InChI=1S/C19H19N5O2/c1-20-18-17-19(24(13-21-17)12-6-9-16(25)26-2)23-15(22-18)11-10-14-7-4-3-5-8-14/h3-5,7-8,13H,6,9,12H2,1-2H3,(H,20,22,23). The number of aromatic nitrogens is 4. The van der Waals surface area contributed by atoms with E-state index in [1.54, 1.807) is 13.4 Å². The van der Waals surface area contributed by atoms with Gasteiger partial charge in [0.2, 0.25) is 5.82 Å². The molecule has 132 valence electrons. The van der Waals surface area contributed by atoms with Crippen LogP contribution in [-0.2, 0) is 16.1 Å². The molecule has 1 aromatic carbocycles. The summed E-state index contributed by atoms with van der Waals surface area (Å²) < 4.78 is 6.57. The lowest BCUT2D eigenvalue weighted by molar-refractivity contribution is -0.140. The summed E-state index contributed by atoms with van der Waals surface area (Å²) in [5.74, 6) is 6.88. The molecule has 0 bridgehead atoms. The van der Waals surface area contributed by atoms with E-state index in [4.69, 9.17) is 0 Å². The molecule has 26 heavy (non-hydrogen) atoms. The van der Waals surface area contributed by atoms with E-state index in [0.29, 0.717) is 42.2 Å². The fourth-order valence-electron chi connectivity index (χ4n) is 2.48. The van der Waals surface area contributed by atoms with Crippen LogP contribution in [0.25, 0.3) is 11.2 Å². The van der Waals surface area contributed by atoms with Crippen LogP contribution in [0.1, 0.15) is 24.2 Å². The predicted octanol–water partition coefficient (Wildman–Crippen LogP) is 2.22. The van der Waals surface area contributed by atoms with Gasteiger partial charge in [-0.05, 0) is 24.5 Å². The minimum absolute atomic E-state index is 0.227. The number of nitrogens with one attached hydrogen (secondary N) is 1. The van der Waals surface area contributed by atoms with Gasteiger partial charge in [0.05, 0.1) is 13.4 Å². The highest BCUT2D eigenvalue weighted by molar-refractivity contribution is 5.83. The molecule has 1 N–H and O–H groups in total. The summed E-state index contributed by atoms with van der Waals surface area (Å²) in [6, 6.07) is 9.68. The summed E-state index contributed by atoms with van der Waals surface area (Å²) >= 11 is 0. The zero-order valence-electron chi connectivity index (χ0n) is 14.7. The van der Waals surface area contributed by atoms with E-state index in [-0.39, 0.29) is 5.97 Å². The highest BCUT2D eigenvalue weighted by Crippen LogP contribution is 2.18. The van der Waals surface area contributed by atoms with Gasteiger partial charge in [-0.2, -0.15) is 0 Å². The van der Waals surface area contributed by atoms with Crippen molar-refractivity contribution in [3.8, 4) is 11.8 Å². The Morgan fingerprint density at radius 1 is 1.23 bits per heavy atom. The molecule has 0 unspecified atom stereocenters. The molecule has 0 atom stereocenters. The molecule has 3 aromatic rings. The average Bonchev–Trinajstić information content (AvgIpc) is 3.09. The van der Waals surface area contributed by atoms with Crippen LogP contribution in [0.15, 0.2) is 36.7 Å². The summed E-state index contributed by atoms with van der Waals surface area (Å²) in [5, 5.41) is 3.04. The van der Waals surface area contributed by atoms with Crippen molar-refractivity contribution in [2.45, 2.75) is 19.4 Å². The van der Waals surface area contributed by atoms with E-state index in [0.717, 1.165) is 5.56 Å². The second-order valence-electron chi connectivity index (χ2n) is 5.55. The van der Waals surface area contributed by atoms with E-state index < -0.39 is 0 Å². The number of benzene rings is 1. The number of carbonyl (C=O) groups excluding carboxylic acids is 1. The average molecular weight is 349 g/mol. The van der Waals surface area contributed by atoms with Gasteiger partial charge in [-0.1, -0.05) is 24.1 Å². The van der Waals surface area contributed by atoms with Crippen LogP contribution >= 0.6 is 0 Å². The highest BCUT2D eigenvalue weighted by atomic mass is 16.5. The maximum atomic E-state index is 11.3. The number of methoxy groups -OCH3 is 1. The molecule has 3 rings (SSSR count). The first kappa shape index (κ1) is 17.4. The molecular weight excluding hydrogens is 330 g/mol. The highest BCUT2D eigenvalue weighted by Gasteiger charge is 2.12. The Hall–Kier alpha value is -3.40. The zero-order valence-corrected chi connectivity index (χ0v) is 14.7. The van der Waals surface area contributed by atoms with Gasteiger partial charge in [-0.25, -0.2) is 15.0 Å². The minimum Gasteiger partial charge on any atom is -0.469 e. The van der Waals surface area contributed by atoms with Crippen molar-refractivity contribution in [3.63, 3.8) is 0 Å². The number of rotatable bonds is 5. The number of carbonyl (C=O) groups is 1. The third-order valence-corrected chi connectivity index (χ3v) is 3.80. The molecule has 7 heteroatoms. The smallest absolute Gasteiger partial charge is 0.305 e. The quantitative estimate of drug-likeness (QED) is 0.562. The van der Waals surface area contributed by atoms with Gasteiger partial charge >= 0.3 is 5.97 Å². The van der Waals surface area contributed by atoms with Crippen molar-refractivity contribution in [1.29, 1.82) is 0 Å². The van der Waals surface area contributed by atoms with E-state index in [2.05, 4.69) is 36.8 Å². The molecule has 0 amide bonds. The molecule has 0 saturated carbocycles. The third-order valence-electron chi connectivity index (χ3n) is 3.80. The van der Waals surface area contributed by atoms with E-state index >= 15 is 0 Å². The molecule has 2 aromatic heterocycles. The Morgan fingerprint density at radius 2 is 2.04 bits per heavy atom. The number of fused-ring (bicyclic) bond motifs is 1. The van der Waals surface area contributed by atoms with Crippen LogP contribution in [0.4, 0.5) is 5.82 Å². The number of aryl methyl sites for hydroxylation is 1. The molecule has 0 fully saturated rings. The summed E-state index contributed by atoms with van der Waals surface area (Å²) in [4.78, 5) is 24.6. The Kier molecular flexibility index (Phi) is 5.44. The second kappa shape index (κ2) is 8.12. The largest absolute Gasteiger partial charge is 0.469 e. The normalized spacial score (nSPS) is 10.2. The maximum absolute atomic E-state index is 11.3. The van der Waals surface area contributed by atoms with E-state index in [1.165, 1.54) is 7.11 Å². The van der Waals surface area contributed by atoms with Crippen LogP contribution in [0.3, 0.4) is 0 Å². The first-order valence-corrected chi connectivity index (χ1v) is 8.25. The molecule has 0 aliphatic heterocycles. The molecule has 0 aliphatic carbocycles. The Bertz CT molecular complexity index is 970. The van der Waals surface area contributed by atoms with Crippen molar-refractivity contribution in [3.05, 3.63) is 48.0 Å².